The smallest absolute Gasteiger partial charge is 0.173 e. The Bertz CT molecular complexity index is 687. The van der Waals surface area contributed by atoms with E-state index in [0.29, 0.717) is 22.8 Å². The number of oxime groups is 1. The molecule has 0 unspecified atom stereocenters. The van der Waals surface area contributed by atoms with Crippen LogP contribution >= 0.6 is 15.9 Å². The highest BCUT2D eigenvalue weighted by atomic mass is 79.9. The Balaban J connectivity index is 2.48. The zero-order chi connectivity index (χ0) is 15.4. The molecule has 0 amide bonds. The predicted octanol–water partition coefficient (Wildman–Crippen LogP) is 3.65. The van der Waals surface area contributed by atoms with Gasteiger partial charge >= 0.3 is 0 Å². The third kappa shape index (κ3) is 3.46. The van der Waals surface area contributed by atoms with Crippen molar-refractivity contribution >= 4 is 21.8 Å². The third-order valence-corrected chi connectivity index (χ3v) is 3.44. The van der Waals surface area contributed by atoms with Crippen LogP contribution in [0, 0.1) is 6.92 Å². The van der Waals surface area contributed by atoms with E-state index in [1.807, 2.05) is 25.1 Å². The maximum absolute atomic E-state index is 8.87. The maximum Gasteiger partial charge on any atom is 0.173 e. The monoisotopic (exact) mass is 350 g/mol. The van der Waals surface area contributed by atoms with Gasteiger partial charge in [0, 0.05) is 10.5 Å². The van der Waals surface area contributed by atoms with Crippen LogP contribution in [0.1, 0.15) is 11.1 Å². The number of halogens is 1. The van der Waals surface area contributed by atoms with Crippen LogP contribution in [-0.2, 0) is 0 Å². The van der Waals surface area contributed by atoms with E-state index in [1.165, 1.54) is 0 Å². The van der Waals surface area contributed by atoms with Crippen LogP contribution in [0.4, 0.5) is 0 Å². The van der Waals surface area contributed by atoms with Crippen LogP contribution in [-0.4, -0.2) is 18.2 Å². The first-order valence-corrected chi connectivity index (χ1v) is 6.94. The van der Waals surface area contributed by atoms with E-state index < -0.39 is 0 Å². The molecule has 2 aromatic carbocycles. The van der Waals surface area contributed by atoms with E-state index in [4.69, 9.17) is 20.4 Å². The van der Waals surface area contributed by atoms with Gasteiger partial charge in [-0.15, -0.1) is 0 Å². The molecule has 0 bridgehead atoms. The molecule has 0 aromatic heterocycles. The second-order valence-corrected chi connectivity index (χ2v) is 5.27. The molecule has 0 radical (unpaired) electrons. The summed E-state index contributed by atoms with van der Waals surface area (Å²) in [7, 11) is 1.56. The lowest BCUT2D eigenvalue weighted by Gasteiger charge is -2.13. The van der Waals surface area contributed by atoms with E-state index in [0.717, 1.165) is 10.0 Å². The molecule has 0 atom stereocenters. The van der Waals surface area contributed by atoms with Crippen LogP contribution in [0.15, 0.2) is 46.0 Å². The lowest BCUT2D eigenvalue weighted by molar-refractivity contribution is 0.318. The van der Waals surface area contributed by atoms with Crippen molar-refractivity contribution in [2.24, 2.45) is 10.9 Å². The number of nitrogens with zero attached hydrogens (tertiary/aromatic N) is 1. The SMILES string of the molecule is COc1ccc(/C(N)=N/O)c(Oc2cc(Br)ccc2C)c1. The van der Waals surface area contributed by atoms with Crippen molar-refractivity contribution in [2.45, 2.75) is 6.92 Å². The molecule has 0 aliphatic rings. The van der Waals surface area contributed by atoms with Gasteiger partial charge < -0.3 is 20.4 Å². The predicted molar refractivity (Wildman–Crippen MR) is 84.5 cm³/mol. The molecular weight excluding hydrogens is 336 g/mol. The van der Waals surface area contributed by atoms with Crippen molar-refractivity contribution in [3.63, 3.8) is 0 Å². The summed E-state index contributed by atoms with van der Waals surface area (Å²) in [6, 6.07) is 10.8. The van der Waals surface area contributed by atoms with Crippen molar-refractivity contribution in [1.82, 2.24) is 0 Å². The first-order chi connectivity index (χ1) is 10.0. The number of nitrogens with two attached hydrogens (primary N) is 1. The molecule has 21 heavy (non-hydrogen) atoms. The molecule has 0 aliphatic carbocycles. The summed E-state index contributed by atoms with van der Waals surface area (Å²) in [6.07, 6.45) is 0. The van der Waals surface area contributed by atoms with Crippen LogP contribution in [0.5, 0.6) is 17.2 Å². The van der Waals surface area contributed by atoms with Gasteiger partial charge in [0.05, 0.1) is 12.7 Å². The lowest BCUT2D eigenvalue weighted by atomic mass is 10.1. The minimum atomic E-state index is -0.0275. The number of methoxy groups -OCH3 is 1. The zero-order valence-electron chi connectivity index (χ0n) is 11.6. The Labute approximate surface area is 131 Å². The fourth-order valence-corrected chi connectivity index (χ4v) is 2.12. The number of amidine groups is 1. The Hall–Kier alpha value is -2.21. The minimum absolute atomic E-state index is 0.0275. The molecule has 6 heteroatoms. The number of aryl methyl sites for hydroxylation is 1. The molecule has 0 saturated heterocycles. The normalized spacial score (nSPS) is 11.3. The van der Waals surface area contributed by atoms with Gasteiger partial charge in [-0.2, -0.15) is 0 Å². The second-order valence-electron chi connectivity index (χ2n) is 4.36. The molecule has 5 nitrogen and oxygen atoms in total. The molecule has 0 saturated carbocycles. The first-order valence-electron chi connectivity index (χ1n) is 6.15. The van der Waals surface area contributed by atoms with Crippen molar-refractivity contribution in [3.8, 4) is 17.2 Å². The average molecular weight is 351 g/mol. The molecule has 110 valence electrons. The summed E-state index contributed by atoms with van der Waals surface area (Å²) in [6.45, 7) is 1.94. The van der Waals surface area contributed by atoms with Gasteiger partial charge in [0.1, 0.15) is 17.2 Å². The maximum atomic E-state index is 8.87. The summed E-state index contributed by atoms with van der Waals surface area (Å²) in [5, 5.41) is 11.9. The standard InChI is InChI=1S/C15H15BrN2O3/c1-9-3-4-10(16)7-13(9)21-14-8-11(20-2)5-6-12(14)15(17)18-19/h3-8,19H,1-2H3,(H2,17,18). The molecule has 0 aliphatic heterocycles. The highest BCUT2D eigenvalue weighted by Crippen LogP contribution is 2.32. The molecular formula is C15H15BrN2O3. The van der Waals surface area contributed by atoms with Crippen LogP contribution in [0.2, 0.25) is 0 Å². The second kappa shape index (κ2) is 6.49. The van der Waals surface area contributed by atoms with Gasteiger partial charge in [-0.25, -0.2) is 0 Å². The molecule has 0 fully saturated rings. The highest BCUT2D eigenvalue weighted by Gasteiger charge is 2.12. The topological polar surface area (TPSA) is 77.1 Å². The summed E-state index contributed by atoms with van der Waals surface area (Å²) >= 11 is 3.41. The Morgan fingerprint density at radius 3 is 2.62 bits per heavy atom. The number of rotatable bonds is 4. The number of hydrogen-bond donors (Lipinski definition) is 2. The van der Waals surface area contributed by atoms with Gasteiger partial charge in [0.2, 0.25) is 0 Å². The molecule has 3 N–H and O–H groups in total. The summed E-state index contributed by atoms with van der Waals surface area (Å²) in [5.41, 5.74) is 7.13. The Kier molecular flexibility index (Phi) is 4.70. The van der Waals surface area contributed by atoms with E-state index in [-0.39, 0.29) is 5.84 Å². The van der Waals surface area contributed by atoms with Gasteiger partial charge in [-0.3, -0.25) is 0 Å². The highest BCUT2D eigenvalue weighted by molar-refractivity contribution is 9.10. The van der Waals surface area contributed by atoms with Gasteiger partial charge in [-0.05, 0) is 36.8 Å². The molecule has 2 rings (SSSR count). The van der Waals surface area contributed by atoms with E-state index in [1.54, 1.807) is 25.3 Å². The quantitative estimate of drug-likeness (QED) is 0.382. The summed E-state index contributed by atoms with van der Waals surface area (Å²) in [4.78, 5) is 0. The first kappa shape index (κ1) is 15.2. The molecule has 0 spiro atoms. The van der Waals surface area contributed by atoms with Crippen molar-refractivity contribution in [3.05, 3.63) is 52.0 Å². The van der Waals surface area contributed by atoms with E-state index in [2.05, 4.69) is 21.1 Å². The van der Waals surface area contributed by atoms with Gasteiger partial charge in [-0.1, -0.05) is 27.2 Å². The summed E-state index contributed by atoms with van der Waals surface area (Å²) in [5.74, 6) is 1.71. The number of hydrogen-bond acceptors (Lipinski definition) is 4. The van der Waals surface area contributed by atoms with E-state index in [9.17, 15) is 0 Å². The van der Waals surface area contributed by atoms with Gasteiger partial charge in [0.25, 0.3) is 0 Å². The third-order valence-electron chi connectivity index (χ3n) is 2.94. The van der Waals surface area contributed by atoms with Crippen molar-refractivity contribution in [2.75, 3.05) is 7.11 Å². The van der Waals surface area contributed by atoms with Crippen LogP contribution in [0.3, 0.4) is 0 Å². The lowest BCUT2D eigenvalue weighted by Crippen LogP contribution is -2.14. The van der Waals surface area contributed by atoms with Crippen molar-refractivity contribution in [1.29, 1.82) is 0 Å². The van der Waals surface area contributed by atoms with Crippen molar-refractivity contribution < 1.29 is 14.7 Å². The summed E-state index contributed by atoms with van der Waals surface area (Å²) < 4.78 is 12.0. The average Bonchev–Trinajstić information content (AvgIpc) is 2.50. The van der Waals surface area contributed by atoms with Crippen LogP contribution in [0.25, 0.3) is 0 Å². The van der Waals surface area contributed by atoms with Gasteiger partial charge in [0.15, 0.2) is 5.84 Å². The zero-order valence-corrected chi connectivity index (χ0v) is 13.2. The minimum Gasteiger partial charge on any atom is -0.497 e. The fraction of sp³-hybridized carbons (Fsp3) is 0.133. The number of benzene rings is 2. The van der Waals surface area contributed by atoms with Crippen LogP contribution < -0.4 is 15.2 Å². The molecule has 0 heterocycles. The fourth-order valence-electron chi connectivity index (χ4n) is 1.78. The largest absolute Gasteiger partial charge is 0.497 e. The van der Waals surface area contributed by atoms with E-state index >= 15 is 0 Å². The molecule has 2 aromatic rings. The Morgan fingerprint density at radius 1 is 1.19 bits per heavy atom. The Morgan fingerprint density at radius 2 is 1.95 bits per heavy atom. The number of ether oxygens (including phenoxy) is 2.